The summed E-state index contributed by atoms with van der Waals surface area (Å²) in [6.45, 7) is 0. The van der Waals surface area contributed by atoms with E-state index in [1.807, 2.05) is 30.5 Å². The first-order valence-electron chi connectivity index (χ1n) is 5.64. The Morgan fingerprint density at radius 1 is 1.00 bits per heavy atom. The molecule has 0 fully saturated rings. The Labute approximate surface area is 111 Å². The molecule has 0 unspecified atom stereocenters. The van der Waals surface area contributed by atoms with E-state index in [-0.39, 0.29) is 0 Å². The van der Waals surface area contributed by atoms with Crippen molar-refractivity contribution in [3.63, 3.8) is 0 Å². The smallest absolute Gasteiger partial charge is 0.148 e. The SMILES string of the molecule is Brc1ccc2cnc3cc4ccccc4n3c2n1. The summed E-state index contributed by atoms with van der Waals surface area (Å²) < 4.78 is 2.93. The number of halogens is 1. The van der Waals surface area contributed by atoms with Crippen LogP contribution in [0, 0.1) is 0 Å². The first-order valence-corrected chi connectivity index (χ1v) is 6.44. The minimum Gasteiger partial charge on any atom is -0.278 e. The summed E-state index contributed by atoms with van der Waals surface area (Å²) in [5.74, 6) is 0. The molecular weight excluding hydrogens is 290 g/mol. The molecule has 0 atom stereocenters. The molecule has 4 heteroatoms. The van der Waals surface area contributed by atoms with Crippen LogP contribution in [0.25, 0.3) is 27.6 Å². The van der Waals surface area contributed by atoms with Crippen LogP contribution in [0.4, 0.5) is 0 Å². The number of benzene rings is 1. The maximum Gasteiger partial charge on any atom is 0.148 e. The lowest BCUT2D eigenvalue weighted by molar-refractivity contribution is 1.17. The molecule has 0 aliphatic rings. The average Bonchev–Trinajstić information content (AvgIpc) is 2.77. The van der Waals surface area contributed by atoms with Gasteiger partial charge in [-0.15, -0.1) is 0 Å². The van der Waals surface area contributed by atoms with Crippen LogP contribution in [0.2, 0.25) is 0 Å². The topological polar surface area (TPSA) is 30.2 Å². The lowest BCUT2D eigenvalue weighted by atomic mass is 10.2. The summed E-state index contributed by atoms with van der Waals surface area (Å²) in [5.41, 5.74) is 2.99. The van der Waals surface area contributed by atoms with E-state index in [1.54, 1.807) is 0 Å². The number of aromatic nitrogens is 3. The Kier molecular flexibility index (Phi) is 1.96. The van der Waals surface area contributed by atoms with Crippen molar-refractivity contribution in [2.75, 3.05) is 0 Å². The van der Waals surface area contributed by atoms with Crippen molar-refractivity contribution in [3.8, 4) is 0 Å². The molecule has 3 aromatic heterocycles. The highest BCUT2D eigenvalue weighted by Crippen LogP contribution is 2.23. The average molecular weight is 298 g/mol. The van der Waals surface area contributed by atoms with E-state index in [0.717, 1.165) is 26.8 Å². The summed E-state index contributed by atoms with van der Waals surface area (Å²) in [5, 5.41) is 2.21. The zero-order chi connectivity index (χ0) is 12.1. The second-order valence-electron chi connectivity index (χ2n) is 4.20. The van der Waals surface area contributed by atoms with Crippen molar-refractivity contribution < 1.29 is 0 Å². The van der Waals surface area contributed by atoms with Crippen LogP contribution in [-0.4, -0.2) is 14.4 Å². The van der Waals surface area contributed by atoms with Crippen molar-refractivity contribution in [1.82, 2.24) is 14.4 Å². The molecule has 0 N–H and O–H groups in total. The first-order chi connectivity index (χ1) is 8.83. The zero-order valence-electron chi connectivity index (χ0n) is 9.34. The van der Waals surface area contributed by atoms with Gasteiger partial charge in [0.15, 0.2) is 0 Å². The van der Waals surface area contributed by atoms with Crippen LogP contribution in [0.15, 0.2) is 53.3 Å². The second-order valence-corrected chi connectivity index (χ2v) is 5.01. The predicted molar refractivity (Wildman–Crippen MR) is 75.7 cm³/mol. The van der Waals surface area contributed by atoms with E-state index in [0.29, 0.717) is 0 Å². The normalized spacial score (nSPS) is 11.6. The third kappa shape index (κ3) is 1.29. The molecule has 18 heavy (non-hydrogen) atoms. The van der Waals surface area contributed by atoms with E-state index < -0.39 is 0 Å². The molecule has 0 radical (unpaired) electrons. The van der Waals surface area contributed by atoms with E-state index in [9.17, 15) is 0 Å². The summed E-state index contributed by atoms with van der Waals surface area (Å²) in [6.07, 6.45) is 1.86. The Hall–Kier alpha value is -1.94. The lowest BCUT2D eigenvalue weighted by Gasteiger charge is -2.03. The van der Waals surface area contributed by atoms with Crippen molar-refractivity contribution in [1.29, 1.82) is 0 Å². The molecule has 0 bridgehead atoms. The summed E-state index contributed by atoms with van der Waals surface area (Å²) in [4.78, 5) is 9.05. The highest BCUT2D eigenvalue weighted by Gasteiger charge is 2.07. The van der Waals surface area contributed by atoms with Gasteiger partial charge in [-0.2, -0.15) is 0 Å². The van der Waals surface area contributed by atoms with Crippen molar-refractivity contribution in [3.05, 3.63) is 53.3 Å². The first kappa shape index (κ1) is 10.0. The fourth-order valence-electron chi connectivity index (χ4n) is 2.31. The zero-order valence-corrected chi connectivity index (χ0v) is 10.9. The molecule has 4 rings (SSSR count). The van der Waals surface area contributed by atoms with Gasteiger partial charge in [-0.05, 0) is 40.2 Å². The number of fused-ring (bicyclic) bond motifs is 5. The Morgan fingerprint density at radius 2 is 1.89 bits per heavy atom. The molecule has 3 nitrogen and oxygen atoms in total. The van der Waals surface area contributed by atoms with E-state index in [1.165, 1.54) is 5.39 Å². The van der Waals surface area contributed by atoms with E-state index >= 15 is 0 Å². The van der Waals surface area contributed by atoms with Crippen LogP contribution in [0.1, 0.15) is 0 Å². The molecule has 1 aromatic carbocycles. The molecule has 86 valence electrons. The highest BCUT2D eigenvalue weighted by atomic mass is 79.9. The number of para-hydroxylation sites is 1. The molecule has 3 heterocycles. The van der Waals surface area contributed by atoms with Gasteiger partial charge in [0.05, 0.1) is 5.52 Å². The van der Waals surface area contributed by atoms with Gasteiger partial charge >= 0.3 is 0 Å². The van der Waals surface area contributed by atoms with Gasteiger partial charge < -0.3 is 0 Å². The monoisotopic (exact) mass is 297 g/mol. The number of hydrogen-bond donors (Lipinski definition) is 0. The van der Waals surface area contributed by atoms with Gasteiger partial charge in [0.2, 0.25) is 0 Å². The van der Waals surface area contributed by atoms with Crippen LogP contribution in [0.5, 0.6) is 0 Å². The van der Waals surface area contributed by atoms with E-state index in [2.05, 4.69) is 48.5 Å². The van der Waals surface area contributed by atoms with Gasteiger partial charge in [-0.3, -0.25) is 4.40 Å². The largest absolute Gasteiger partial charge is 0.278 e. The van der Waals surface area contributed by atoms with Gasteiger partial charge in [0.25, 0.3) is 0 Å². The van der Waals surface area contributed by atoms with Crippen LogP contribution < -0.4 is 0 Å². The maximum absolute atomic E-state index is 4.57. The maximum atomic E-state index is 4.57. The van der Waals surface area contributed by atoms with Gasteiger partial charge in [-0.25, -0.2) is 9.97 Å². The van der Waals surface area contributed by atoms with E-state index in [4.69, 9.17) is 0 Å². The third-order valence-electron chi connectivity index (χ3n) is 3.11. The lowest BCUT2D eigenvalue weighted by Crippen LogP contribution is -1.93. The van der Waals surface area contributed by atoms with Gasteiger partial charge in [-0.1, -0.05) is 18.2 Å². The number of nitrogens with zero attached hydrogens (tertiary/aromatic N) is 3. The fraction of sp³-hybridized carbons (Fsp3) is 0. The standard InChI is InChI=1S/C14H8BrN3/c15-12-6-5-10-8-16-13-7-9-3-1-2-4-11(9)18(13)14(10)17-12/h1-8H. The van der Waals surface area contributed by atoms with Crippen molar-refractivity contribution in [2.45, 2.75) is 0 Å². The van der Waals surface area contributed by atoms with Gasteiger partial charge in [0, 0.05) is 17.0 Å². The van der Waals surface area contributed by atoms with Crippen LogP contribution >= 0.6 is 15.9 Å². The van der Waals surface area contributed by atoms with Gasteiger partial charge in [0.1, 0.15) is 15.9 Å². The molecule has 0 spiro atoms. The molecule has 0 aliphatic heterocycles. The quantitative estimate of drug-likeness (QED) is 0.462. The van der Waals surface area contributed by atoms with Crippen molar-refractivity contribution >= 4 is 43.5 Å². The third-order valence-corrected chi connectivity index (χ3v) is 3.55. The Bertz CT molecular complexity index is 895. The summed E-state index contributed by atoms with van der Waals surface area (Å²) >= 11 is 3.43. The Morgan fingerprint density at radius 3 is 2.83 bits per heavy atom. The fourth-order valence-corrected chi connectivity index (χ4v) is 2.61. The molecule has 0 saturated heterocycles. The van der Waals surface area contributed by atoms with Crippen LogP contribution in [-0.2, 0) is 0 Å². The molecule has 0 aliphatic carbocycles. The number of hydrogen-bond acceptors (Lipinski definition) is 2. The number of pyridine rings is 1. The summed E-state index contributed by atoms with van der Waals surface area (Å²) in [7, 11) is 0. The predicted octanol–water partition coefficient (Wildman–Crippen LogP) is 3.80. The number of rotatable bonds is 0. The molecule has 4 aromatic rings. The van der Waals surface area contributed by atoms with Crippen LogP contribution in [0.3, 0.4) is 0 Å². The van der Waals surface area contributed by atoms with Crippen molar-refractivity contribution in [2.24, 2.45) is 0 Å². The molecular formula is C14H8BrN3. The Balaban J connectivity index is 2.35. The second kappa shape index (κ2) is 3.53. The molecule has 0 amide bonds. The highest BCUT2D eigenvalue weighted by molar-refractivity contribution is 9.10. The minimum atomic E-state index is 0.834. The minimum absolute atomic E-state index is 0.834. The molecule has 0 saturated carbocycles. The summed E-state index contributed by atoms with van der Waals surface area (Å²) in [6, 6.07) is 14.3.